The van der Waals surface area contributed by atoms with Crippen molar-refractivity contribution in [2.24, 2.45) is 59.2 Å². The van der Waals surface area contributed by atoms with E-state index >= 15 is 0 Å². The Morgan fingerprint density at radius 1 is 0.440 bits per heavy atom. The summed E-state index contributed by atoms with van der Waals surface area (Å²) < 4.78 is 0. The summed E-state index contributed by atoms with van der Waals surface area (Å²) in [4.78, 5) is 0. The highest BCUT2D eigenvalue weighted by Gasteiger charge is 2.51. The van der Waals surface area contributed by atoms with Crippen molar-refractivity contribution in [3.8, 4) is 0 Å². The van der Waals surface area contributed by atoms with E-state index in [1.807, 2.05) is 0 Å². The van der Waals surface area contributed by atoms with E-state index in [0.29, 0.717) is 0 Å². The first-order valence-electron chi connectivity index (χ1n) is 12.1. The Morgan fingerprint density at radius 2 is 0.720 bits per heavy atom. The fourth-order valence-electron chi connectivity index (χ4n) is 8.74. The van der Waals surface area contributed by atoms with Crippen LogP contribution in [-0.2, 0) is 0 Å². The van der Waals surface area contributed by atoms with Crippen molar-refractivity contribution in [3.05, 3.63) is 0 Å². The summed E-state index contributed by atoms with van der Waals surface area (Å²) in [5, 5.41) is 0. The molecule has 0 heteroatoms. The molecule has 4 rings (SSSR count). The van der Waals surface area contributed by atoms with Gasteiger partial charge in [0.1, 0.15) is 0 Å². The molecule has 0 aliphatic heterocycles. The highest BCUT2D eigenvalue weighted by Crippen LogP contribution is 2.58. The first kappa shape index (κ1) is 18.4. The maximum atomic E-state index is 2.65. The maximum Gasteiger partial charge on any atom is -0.0354 e. The zero-order valence-corrected chi connectivity index (χ0v) is 17.6. The number of fused-ring (bicyclic) bond motifs is 2. The highest BCUT2D eigenvalue weighted by atomic mass is 14.6. The molecule has 25 heavy (non-hydrogen) atoms. The molecular formula is C25H44. The van der Waals surface area contributed by atoms with Crippen LogP contribution in [0.3, 0.4) is 0 Å². The molecule has 0 nitrogen and oxygen atoms in total. The van der Waals surface area contributed by atoms with Gasteiger partial charge in [0.15, 0.2) is 0 Å². The van der Waals surface area contributed by atoms with Crippen LogP contribution in [0.5, 0.6) is 0 Å². The molecule has 0 bridgehead atoms. The molecule has 0 amide bonds. The van der Waals surface area contributed by atoms with Crippen LogP contribution >= 0.6 is 0 Å². The van der Waals surface area contributed by atoms with Crippen LogP contribution in [0.25, 0.3) is 0 Å². The molecule has 144 valence electrons. The first-order chi connectivity index (χ1) is 12.1. The molecule has 0 spiro atoms. The van der Waals surface area contributed by atoms with Gasteiger partial charge in [0.05, 0.1) is 0 Å². The molecule has 0 aromatic carbocycles. The lowest BCUT2D eigenvalue weighted by Crippen LogP contribution is -2.23. The van der Waals surface area contributed by atoms with Gasteiger partial charge < -0.3 is 0 Å². The van der Waals surface area contributed by atoms with E-state index < -0.39 is 0 Å². The highest BCUT2D eigenvalue weighted by molar-refractivity contribution is 4.99. The second kappa shape index (κ2) is 7.55. The van der Waals surface area contributed by atoms with Crippen molar-refractivity contribution in [2.75, 3.05) is 0 Å². The van der Waals surface area contributed by atoms with E-state index in [-0.39, 0.29) is 0 Å². The Hall–Kier alpha value is 0. The molecular weight excluding hydrogens is 300 g/mol. The third kappa shape index (κ3) is 3.23. The van der Waals surface area contributed by atoms with E-state index in [4.69, 9.17) is 0 Å². The van der Waals surface area contributed by atoms with Crippen LogP contribution in [-0.4, -0.2) is 0 Å². The van der Waals surface area contributed by atoms with Gasteiger partial charge in [-0.05, 0) is 91.3 Å². The van der Waals surface area contributed by atoms with Gasteiger partial charge in [-0.2, -0.15) is 0 Å². The lowest BCUT2D eigenvalue weighted by Gasteiger charge is -2.31. The average Bonchev–Trinajstić information content (AvgIpc) is 2.89. The predicted molar refractivity (Wildman–Crippen MR) is 108 cm³/mol. The van der Waals surface area contributed by atoms with Crippen molar-refractivity contribution in [1.82, 2.24) is 0 Å². The van der Waals surface area contributed by atoms with Crippen molar-refractivity contribution in [2.45, 2.75) is 98.3 Å². The largest absolute Gasteiger partial charge is 0.0620 e. The molecule has 0 saturated heterocycles. The van der Waals surface area contributed by atoms with Gasteiger partial charge in [-0.15, -0.1) is 0 Å². The molecule has 0 aromatic heterocycles. The zero-order chi connectivity index (χ0) is 17.6. The molecule has 8 unspecified atom stereocenters. The van der Waals surface area contributed by atoms with Crippen LogP contribution in [0.4, 0.5) is 0 Å². The summed E-state index contributed by atoms with van der Waals surface area (Å²) in [6.07, 6.45) is 16.9. The van der Waals surface area contributed by atoms with Crippen molar-refractivity contribution >= 4 is 0 Å². The summed E-state index contributed by atoms with van der Waals surface area (Å²) >= 11 is 0. The first-order valence-corrected chi connectivity index (χ1v) is 12.1. The lowest BCUT2D eigenvalue weighted by molar-refractivity contribution is 0.184. The molecule has 0 heterocycles. The van der Waals surface area contributed by atoms with E-state index in [0.717, 1.165) is 59.2 Å². The normalized spacial score (nSPS) is 53.8. The van der Waals surface area contributed by atoms with E-state index in [1.165, 1.54) is 38.5 Å². The summed E-state index contributed by atoms with van der Waals surface area (Å²) in [6.45, 7) is 10.6. The SMILES string of the molecule is CC1C(CC2C(C)C3CCCCCC3C2C)C(C)C2CCCCCC12. The number of rotatable bonds is 2. The second-order valence-corrected chi connectivity index (χ2v) is 10.9. The monoisotopic (exact) mass is 344 g/mol. The Kier molecular flexibility index (Phi) is 5.55. The summed E-state index contributed by atoms with van der Waals surface area (Å²) in [6, 6.07) is 0. The van der Waals surface area contributed by atoms with Crippen LogP contribution in [0.1, 0.15) is 98.3 Å². The van der Waals surface area contributed by atoms with Crippen molar-refractivity contribution < 1.29 is 0 Å². The third-order valence-corrected chi connectivity index (χ3v) is 10.2. The molecule has 4 saturated carbocycles. The fraction of sp³-hybridized carbons (Fsp3) is 1.00. The number of hydrogen-bond acceptors (Lipinski definition) is 0. The molecule has 0 aromatic rings. The molecule has 4 aliphatic carbocycles. The molecule has 0 radical (unpaired) electrons. The van der Waals surface area contributed by atoms with Crippen LogP contribution in [0, 0.1) is 59.2 Å². The second-order valence-electron chi connectivity index (χ2n) is 10.9. The molecule has 4 aliphatic rings. The Morgan fingerprint density at radius 3 is 1.00 bits per heavy atom. The van der Waals surface area contributed by atoms with E-state index in [1.54, 1.807) is 32.1 Å². The summed E-state index contributed by atoms with van der Waals surface area (Å²) in [5.74, 6) is 10.4. The van der Waals surface area contributed by atoms with Gasteiger partial charge in [-0.25, -0.2) is 0 Å². The minimum absolute atomic E-state index is 1.00. The average molecular weight is 345 g/mol. The van der Waals surface area contributed by atoms with Gasteiger partial charge in [-0.3, -0.25) is 0 Å². The minimum Gasteiger partial charge on any atom is -0.0620 e. The third-order valence-electron chi connectivity index (χ3n) is 10.2. The Bertz CT molecular complexity index is 363. The van der Waals surface area contributed by atoms with Crippen molar-refractivity contribution in [1.29, 1.82) is 0 Å². The van der Waals surface area contributed by atoms with Gasteiger partial charge in [-0.1, -0.05) is 66.2 Å². The molecule has 0 N–H and O–H groups in total. The number of hydrogen-bond donors (Lipinski definition) is 0. The standard InChI is InChI=1S/C25H44/c1-16-20-11-7-5-8-12-21(20)17(2)24(16)15-25-18(3)22-13-9-6-10-14-23(22)19(25)4/h16-25H,5-15H2,1-4H3. The van der Waals surface area contributed by atoms with Gasteiger partial charge >= 0.3 is 0 Å². The zero-order valence-electron chi connectivity index (χ0n) is 17.6. The van der Waals surface area contributed by atoms with Crippen LogP contribution in [0.15, 0.2) is 0 Å². The smallest absolute Gasteiger partial charge is 0.0354 e. The minimum atomic E-state index is 1.00. The summed E-state index contributed by atoms with van der Waals surface area (Å²) in [7, 11) is 0. The van der Waals surface area contributed by atoms with Crippen LogP contribution < -0.4 is 0 Å². The van der Waals surface area contributed by atoms with Gasteiger partial charge in [0, 0.05) is 0 Å². The topological polar surface area (TPSA) is 0 Å². The van der Waals surface area contributed by atoms with Gasteiger partial charge in [0.2, 0.25) is 0 Å². The maximum absolute atomic E-state index is 2.65. The fourth-order valence-corrected chi connectivity index (χ4v) is 8.74. The van der Waals surface area contributed by atoms with E-state index in [9.17, 15) is 0 Å². The molecule has 8 atom stereocenters. The Balaban J connectivity index is 1.48. The lowest BCUT2D eigenvalue weighted by atomic mass is 9.75. The molecule has 4 fully saturated rings. The quantitative estimate of drug-likeness (QED) is 0.484. The van der Waals surface area contributed by atoms with Crippen molar-refractivity contribution in [3.63, 3.8) is 0 Å². The van der Waals surface area contributed by atoms with Gasteiger partial charge in [0.25, 0.3) is 0 Å². The predicted octanol–water partition coefficient (Wildman–Crippen LogP) is 7.57. The van der Waals surface area contributed by atoms with Crippen LogP contribution in [0.2, 0.25) is 0 Å². The Labute approximate surface area is 157 Å². The van der Waals surface area contributed by atoms with E-state index in [2.05, 4.69) is 27.7 Å². The summed E-state index contributed by atoms with van der Waals surface area (Å²) in [5.41, 5.74) is 0.